The molecule has 1 fully saturated rings. The minimum atomic E-state index is -0.265. The molecule has 1 amide bonds. The predicted octanol–water partition coefficient (Wildman–Crippen LogP) is 6.25. The van der Waals surface area contributed by atoms with Crippen LogP contribution in [0, 0.1) is 6.92 Å². The van der Waals surface area contributed by atoms with Crippen LogP contribution in [-0.4, -0.2) is 41.8 Å². The van der Waals surface area contributed by atoms with Crippen molar-refractivity contribution < 1.29 is 9.53 Å². The number of nitrogens with zero attached hydrogens (tertiary/aromatic N) is 3. The summed E-state index contributed by atoms with van der Waals surface area (Å²) in [4.78, 5) is 33.2. The number of amides is 1. The number of anilines is 5. The Morgan fingerprint density at radius 1 is 1.05 bits per heavy atom. The van der Waals surface area contributed by atoms with Gasteiger partial charge in [-0.25, -0.2) is 4.98 Å². The molecule has 1 aliphatic heterocycles. The molecule has 5 rings (SSSR count). The standard InChI is InChI=1S/C35H42N6O3/c1-22-27(8-7-9-29(22)39-33(42)23-10-12-24(13-11-23)35(2,3)4)30-21-40(5)34(43)32(38-30)37-25-14-15-31(28(36)20-25)41-18-16-26(44-6)17-19-41/h7-15,20-21,26H,16-19,36H2,1-6H3,(H,37,38)(H,39,42). The summed E-state index contributed by atoms with van der Waals surface area (Å²) in [6.45, 7) is 10.1. The zero-order valence-electron chi connectivity index (χ0n) is 26.4. The summed E-state index contributed by atoms with van der Waals surface area (Å²) in [6, 6.07) is 19.1. The van der Waals surface area contributed by atoms with E-state index in [0.717, 1.165) is 42.7 Å². The topological polar surface area (TPSA) is 115 Å². The van der Waals surface area contributed by atoms with Crippen LogP contribution in [0.15, 0.2) is 71.7 Å². The highest BCUT2D eigenvalue weighted by molar-refractivity contribution is 6.05. The molecular formula is C35H42N6O3. The molecular weight excluding hydrogens is 552 g/mol. The summed E-state index contributed by atoms with van der Waals surface area (Å²) in [6.07, 6.45) is 3.90. The summed E-state index contributed by atoms with van der Waals surface area (Å²) in [7, 11) is 3.45. The molecule has 1 aromatic heterocycles. The van der Waals surface area contributed by atoms with E-state index in [4.69, 9.17) is 15.5 Å². The molecule has 1 saturated heterocycles. The minimum absolute atomic E-state index is 0.00824. The number of nitrogens with two attached hydrogens (primary N) is 1. The summed E-state index contributed by atoms with van der Waals surface area (Å²) in [5, 5.41) is 6.22. The Morgan fingerprint density at radius 3 is 2.39 bits per heavy atom. The van der Waals surface area contributed by atoms with Crippen LogP contribution in [0.4, 0.5) is 28.6 Å². The number of piperidine rings is 1. The van der Waals surface area contributed by atoms with Crippen LogP contribution in [0.5, 0.6) is 0 Å². The van der Waals surface area contributed by atoms with Gasteiger partial charge in [-0.1, -0.05) is 45.0 Å². The van der Waals surface area contributed by atoms with Crippen LogP contribution in [0.1, 0.15) is 55.1 Å². The van der Waals surface area contributed by atoms with E-state index in [1.54, 1.807) is 20.4 Å². The van der Waals surface area contributed by atoms with Gasteiger partial charge in [0.2, 0.25) is 0 Å². The smallest absolute Gasteiger partial charge is 0.293 e. The minimum Gasteiger partial charge on any atom is -0.397 e. The van der Waals surface area contributed by atoms with Crippen LogP contribution >= 0.6 is 0 Å². The van der Waals surface area contributed by atoms with E-state index in [9.17, 15) is 9.59 Å². The number of hydrogen-bond acceptors (Lipinski definition) is 7. The van der Waals surface area contributed by atoms with Crippen molar-refractivity contribution in [1.29, 1.82) is 0 Å². The van der Waals surface area contributed by atoms with Crippen molar-refractivity contribution in [3.05, 3.63) is 93.9 Å². The Hall–Kier alpha value is -4.63. The summed E-state index contributed by atoms with van der Waals surface area (Å²) >= 11 is 0. The second-order valence-corrected chi connectivity index (χ2v) is 12.5. The fourth-order valence-electron chi connectivity index (χ4n) is 5.57. The zero-order chi connectivity index (χ0) is 31.6. The fourth-order valence-corrected chi connectivity index (χ4v) is 5.57. The largest absolute Gasteiger partial charge is 0.397 e. The van der Waals surface area contributed by atoms with E-state index < -0.39 is 0 Å². The number of nitrogen functional groups attached to an aromatic ring is 1. The van der Waals surface area contributed by atoms with Crippen LogP contribution in [0.3, 0.4) is 0 Å². The number of benzene rings is 3. The third-order valence-electron chi connectivity index (χ3n) is 8.35. The van der Waals surface area contributed by atoms with Gasteiger partial charge < -0.3 is 30.6 Å². The Bertz CT molecular complexity index is 1710. The normalized spacial score (nSPS) is 14.0. The van der Waals surface area contributed by atoms with Crippen molar-refractivity contribution in [2.24, 2.45) is 7.05 Å². The van der Waals surface area contributed by atoms with Crippen molar-refractivity contribution in [2.75, 3.05) is 41.5 Å². The van der Waals surface area contributed by atoms with E-state index in [1.807, 2.05) is 67.6 Å². The summed E-state index contributed by atoms with van der Waals surface area (Å²) in [5.74, 6) is -0.00331. The number of methoxy groups -OCH3 is 1. The van der Waals surface area contributed by atoms with Crippen molar-refractivity contribution in [3.63, 3.8) is 0 Å². The molecule has 4 aromatic rings. The second-order valence-electron chi connectivity index (χ2n) is 12.5. The second kappa shape index (κ2) is 12.5. The van der Waals surface area contributed by atoms with Gasteiger partial charge in [0.15, 0.2) is 5.82 Å². The van der Waals surface area contributed by atoms with Gasteiger partial charge in [0.1, 0.15) is 0 Å². The van der Waals surface area contributed by atoms with Gasteiger partial charge in [-0.15, -0.1) is 0 Å². The number of hydrogen-bond donors (Lipinski definition) is 3. The number of carbonyl (C=O) groups excluding carboxylic acids is 1. The molecule has 0 unspecified atom stereocenters. The molecule has 9 nitrogen and oxygen atoms in total. The lowest BCUT2D eigenvalue weighted by atomic mass is 9.86. The molecule has 0 bridgehead atoms. The lowest BCUT2D eigenvalue weighted by Gasteiger charge is -2.33. The van der Waals surface area contributed by atoms with Gasteiger partial charge in [0.25, 0.3) is 11.5 Å². The maximum Gasteiger partial charge on any atom is 0.293 e. The Labute approximate surface area is 259 Å². The average Bonchev–Trinajstić information content (AvgIpc) is 3.00. The molecule has 0 atom stereocenters. The number of ether oxygens (including phenoxy) is 1. The average molecular weight is 595 g/mol. The first-order valence-corrected chi connectivity index (χ1v) is 15.0. The van der Waals surface area contributed by atoms with Crippen LogP contribution in [-0.2, 0) is 17.2 Å². The van der Waals surface area contributed by atoms with Crippen molar-refractivity contribution in [1.82, 2.24) is 9.55 Å². The van der Waals surface area contributed by atoms with Crippen LogP contribution < -0.4 is 26.8 Å². The van der Waals surface area contributed by atoms with Gasteiger partial charge in [0.05, 0.1) is 23.2 Å². The lowest BCUT2D eigenvalue weighted by molar-refractivity contribution is 0.0819. The van der Waals surface area contributed by atoms with E-state index in [2.05, 4.69) is 36.3 Å². The first-order chi connectivity index (χ1) is 20.9. The molecule has 0 spiro atoms. The van der Waals surface area contributed by atoms with Crippen LogP contribution in [0.25, 0.3) is 11.3 Å². The number of aromatic nitrogens is 2. The van der Waals surface area contributed by atoms with E-state index >= 15 is 0 Å². The third-order valence-corrected chi connectivity index (χ3v) is 8.35. The first kappa shape index (κ1) is 30.8. The molecule has 9 heteroatoms. The van der Waals surface area contributed by atoms with E-state index in [0.29, 0.717) is 28.3 Å². The quantitative estimate of drug-likeness (QED) is 0.217. The van der Waals surface area contributed by atoms with Crippen molar-refractivity contribution in [2.45, 2.75) is 52.1 Å². The van der Waals surface area contributed by atoms with Crippen molar-refractivity contribution in [3.8, 4) is 11.3 Å². The molecule has 0 saturated carbocycles. The van der Waals surface area contributed by atoms with Gasteiger partial charge in [-0.05, 0) is 72.7 Å². The third kappa shape index (κ3) is 6.63. The van der Waals surface area contributed by atoms with Gasteiger partial charge in [-0.3, -0.25) is 9.59 Å². The Morgan fingerprint density at radius 2 is 1.75 bits per heavy atom. The maximum atomic E-state index is 13.1. The molecule has 4 N–H and O–H groups in total. The highest BCUT2D eigenvalue weighted by Crippen LogP contribution is 2.32. The monoisotopic (exact) mass is 594 g/mol. The Kier molecular flexibility index (Phi) is 8.78. The zero-order valence-corrected chi connectivity index (χ0v) is 26.4. The number of aryl methyl sites for hydroxylation is 1. The molecule has 0 aliphatic carbocycles. The summed E-state index contributed by atoms with van der Waals surface area (Å²) < 4.78 is 6.99. The fraction of sp³-hybridized carbons (Fsp3) is 0.343. The molecule has 0 radical (unpaired) electrons. The van der Waals surface area contributed by atoms with Crippen LogP contribution in [0.2, 0.25) is 0 Å². The predicted molar refractivity (Wildman–Crippen MR) is 179 cm³/mol. The molecule has 230 valence electrons. The van der Waals surface area contributed by atoms with E-state index in [1.165, 1.54) is 10.1 Å². The summed E-state index contributed by atoms with van der Waals surface area (Å²) in [5.41, 5.74) is 13.1. The van der Waals surface area contributed by atoms with Gasteiger partial charge in [0, 0.05) is 55.9 Å². The first-order valence-electron chi connectivity index (χ1n) is 15.0. The van der Waals surface area contributed by atoms with Gasteiger partial charge in [-0.2, -0.15) is 0 Å². The molecule has 2 heterocycles. The Balaban J connectivity index is 1.36. The lowest BCUT2D eigenvalue weighted by Crippen LogP contribution is -2.37. The van der Waals surface area contributed by atoms with E-state index in [-0.39, 0.29) is 28.8 Å². The highest BCUT2D eigenvalue weighted by Gasteiger charge is 2.21. The number of carbonyl (C=O) groups is 1. The van der Waals surface area contributed by atoms with Gasteiger partial charge >= 0.3 is 0 Å². The SMILES string of the molecule is COC1CCN(c2ccc(Nc3nc(-c4cccc(NC(=O)c5ccc(C(C)(C)C)cc5)c4C)cn(C)c3=O)cc2N)CC1. The number of rotatable bonds is 7. The molecule has 1 aliphatic rings. The molecule has 3 aromatic carbocycles. The maximum absolute atomic E-state index is 13.1. The highest BCUT2D eigenvalue weighted by atomic mass is 16.5. The number of nitrogens with one attached hydrogen (secondary N) is 2. The molecule has 44 heavy (non-hydrogen) atoms. The van der Waals surface area contributed by atoms with Crippen molar-refractivity contribution >= 4 is 34.5 Å².